The number of aromatic nitrogens is 1. The summed E-state index contributed by atoms with van der Waals surface area (Å²) in [5.74, 6) is 0.291. The molecular weight excluding hydrogens is 314 g/mol. The van der Waals surface area contributed by atoms with Crippen LogP contribution < -0.4 is 10.3 Å². The number of para-hydroxylation sites is 1. The maximum absolute atomic E-state index is 12.4. The third kappa shape index (κ3) is 4.96. The van der Waals surface area contributed by atoms with Crippen molar-refractivity contribution in [1.82, 2.24) is 4.57 Å². The SMILES string of the molecule is CC(C)Oc1ccccc1CS(=O)(=O)Cc1ccn(C)c(=O)c1. The van der Waals surface area contributed by atoms with Crippen LogP contribution in [0.25, 0.3) is 0 Å². The lowest BCUT2D eigenvalue weighted by Crippen LogP contribution is -2.17. The second-order valence-electron chi connectivity index (χ2n) is 5.79. The van der Waals surface area contributed by atoms with Crippen LogP contribution in [0.1, 0.15) is 25.0 Å². The van der Waals surface area contributed by atoms with Crippen LogP contribution in [0.5, 0.6) is 5.75 Å². The van der Waals surface area contributed by atoms with E-state index in [0.29, 0.717) is 16.9 Å². The molecule has 0 aliphatic carbocycles. The largest absolute Gasteiger partial charge is 0.491 e. The van der Waals surface area contributed by atoms with Crippen LogP contribution in [0, 0.1) is 0 Å². The van der Waals surface area contributed by atoms with Crippen LogP contribution in [0.3, 0.4) is 0 Å². The van der Waals surface area contributed by atoms with Crippen LogP contribution in [0.2, 0.25) is 0 Å². The Labute approximate surface area is 136 Å². The van der Waals surface area contributed by atoms with Crippen molar-refractivity contribution in [2.75, 3.05) is 0 Å². The lowest BCUT2D eigenvalue weighted by Gasteiger charge is -2.14. The summed E-state index contributed by atoms with van der Waals surface area (Å²) in [6.45, 7) is 3.79. The van der Waals surface area contributed by atoms with Crippen molar-refractivity contribution in [2.24, 2.45) is 7.05 Å². The molecule has 0 saturated heterocycles. The summed E-state index contributed by atoms with van der Waals surface area (Å²) in [4.78, 5) is 11.6. The van der Waals surface area contributed by atoms with Gasteiger partial charge in [-0.25, -0.2) is 8.42 Å². The molecule has 0 bridgehead atoms. The molecule has 0 saturated carbocycles. The molecule has 0 spiro atoms. The van der Waals surface area contributed by atoms with Crippen molar-refractivity contribution < 1.29 is 13.2 Å². The van der Waals surface area contributed by atoms with Gasteiger partial charge in [-0.3, -0.25) is 4.79 Å². The molecule has 0 radical (unpaired) electrons. The number of pyridine rings is 1. The van der Waals surface area contributed by atoms with Crippen molar-refractivity contribution >= 4 is 9.84 Å². The molecule has 0 amide bonds. The van der Waals surface area contributed by atoms with Gasteiger partial charge in [0.2, 0.25) is 0 Å². The number of rotatable bonds is 6. The summed E-state index contributed by atoms with van der Waals surface area (Å²) in [7, 11) is -1.78. The summed E-state index contributed by atoms with van der Waals surface area (Å²) in [6, 6.07) is 10.1. The molecule has 0 fully saturated rings. The van der Waals surface area contributed by atoms with Gasteiger partial charge >= 0.3 is 0 Å². The minimum absolute atomic E-state index is 0.0315. The zero-order valence-electron chi connectivity index (χ0n) is 13.5. The summed E-state index contributed by atoms with van der Waals surface area (Å²) < 4.78 is 31.9. The number of aryl methyl sites for hydroxylation is 1. The maximum Gasteiger partial charge on any atom is 0.250 e. The van der Waals surface area contributed by atoms with Gasteiger partial charge in [0.05, 0.1) is 17.6 Å². The molecular formula is C17H21NO4S. The molecule has 2 rings (SSSR count). The molecule has 0 N–H and O–H groups in total. The highest BCUT2D eigenvalue weighted by atomic mass is 32.2. The van der Waals surface area contributed by atoms with E-state index in [1.165, 1.54) is 10.6 Å². The third-order valence-electron chi connectivity index (χ3n) is 3.27. The van der Waals surface area contributed by atoms with E-state index in [2.05, 4.69) is 0 Å². The van der Waals surface area contributed by atoms with Crippen molar-refractivity contribution in [3.63, 3.8) is 0 Å². The van der Waals surface area contributed by atoms with Crippen molar-refractivity contribution in [3.05, 3.63) is 64.1 Å². The zero-order chi connectivity index (χ0) is 17.0. The quantitative estimate of drug-likeness (QED) is 0.812. The number of sulfone groups is 1. The Balaban J connectivity index is 2.21. The van der Waals surface area contributed by atoms with Gasteiger partial charge in [-0.1, -0.05) is 18.2 Å². The molecule has 124 valence electrons. The minimum Gasteiger partial charge on any atom is -0.491 e. The van der Waals surface area contributed by atoms with Crippen molar-refractivity contribution in [1.29, 1.82) is 0 Å². The van der Waals surface area contributed by atoms with E-state index in [9.17, 15) is 13.2 Å². The predicted octanol–water partition coefficient (Wildman–Crippen LogP) is 2.29. The highest BCUT2D eigenvalue weighted by Crippen LogP contribution is 2.23. The lowest BCUT2D eigenvalue weighted by molar-refractivity contribution is 0.240. The Kier molecular flexibility index (Phi) is 5.26. The second-order valence-corrected chi connectivity index (χ2v) is 7.86. The predicted molar refractivity (Wildman–Crippen MR) is 90.2 cm³/mol. The number of benzene rings is 1. The molecule has 2 aromatic rings. The molecule has 0 aliphatic heterocycles. The van der Waals surface area contributed by atoms with Crippen LogP contribution in [0.15, 0.2) is 47.4 Å². The van der Waals surface area contributed by atoms with Crippen molar-refractivity contribution in [2.45, 2.75) is 31.5 Å². The molecule has 6 heteroatoms. The molecule has 0 unspecified atom stereocenters. The Morgan fingerprint density at radius 3 is 2.48 bits per heavy atom. The average molecular weight is 335 g/mol. The monoisotopic (exact) mass is 335 g/mol. The minimum atomic E-state index is -3.40. The standard InChI is InChI=1S/C17H21NO4S/c1-13(2)22-16-7-5-4-6-15(16)12-23(20,21)11-14-8-9-18(3)17(19)10-14/h4-10,13H,11-12H2,1-3H3. The first kappa shape index (κ1) is 17.3. The Morgan fingerprint density at radius 2 is 1.83 bits per heavy atom. The molecule has 0 atom stereocenters. The average Bonchev–Trinajstić information content (AvgIpc) is 2.44. The second kappa shape index (κ2) is 7.00. The van der Waals surface area contributed by atoms with Crippen LogP contribution in [-0.2, 0) is 28.4 Å². The lowest BCUT2D eigenvalue weighted by atomic mass is 10.2. The third-order valence-corrected chi connectivity index (χ3v) is 4.79. The summed E-state index contributed by atoms with van der Waals surface area (Å²) in [5, 5.41) is 0. The highest BCUT2D eigenvalue weighted by Gasteiger charge is 2.17. The topological polar surface area (TPSA) is 65.4 Å². The summed E-state index contributed by atoms with van der Waals surface area (Å²) >= 11 is 0. The zero-order valence-corrected chi connectivity index (χ0v) is 14.3. The summed E-state index contributed by atoms with van der Waals surface area (Å²) in [5.41, 5.74) is 0.904. The fraction of sp³-hybridized carbons (Fsp3) is 0.353. The Morgan fingerprint density at radius 1 is 1.13 bits per heavy atom. The maximum atomic E-state index is 12.4. The Bertz CT molecular complexity index is 838. The van der Waals surface area contributed by atoms with E-state index < -0.39 is 9.84 Å². The van der Waals surface area contributed by atoms with E-state index in [0.717, 1.165) is 0 Å². The molecule has 1 heterocycles. The summed E-state index contributed by atoms with van der Waals surface area (Å²) in [6.07, 6.45) is 1.54. The van der Waals surface area contributed by atoms with Gasteiger partial charge in [-0.05, 0) is 31.5 Å². The highest BCUT2D eigenvalue weighted by molar-refractivity contribution is 7.89. The van der Waals surface area contributed by atoms with E-state index in [1.807, 2.05) is 19.9 Å². The first-order chi connectivity index (χ1) is 10.8. The van der Waals surface area contributed by atoms with Gasteiger partial charge in [-0.2, -0.15) is 0 Å². The van der Waals surface area contributed by atoms with Gasteiger partial charge in [-0.15, -0.1) is 0 Å². The Hall–Kier alpha value is -2.08. The first-order valence-corrected chi connectivity index (χ1v) is 9.19. The van der Waals surface area contributed by atoms with Gasteiger partial charge in [0, 0.05) is 24.9 Å². The van der Waals surface area contributed by atoms with E-state index >= 15 is 0 Å². The molecule has 23 heavy (non-hydrogen) atoms. The van der Waals surface area contributed by atoms with Gasteiger partial charge < -0.3 is 9.30 Å². The van der Waals surface area contributed by atoms with Gasteiger partial charge in [0.1, 0.15) is 5.75 Å². The van der Waals surface area contributed by atoms with E-state index in [4.69, 9.17) is 4.74 Å². The number of nitrogens with zero attached hydrogens (tertiary/aromatic N) is 1. The van der Waals surface area contributed by atoms with Crippen molar-refractivity contribution in [3.8, 4) is 5.75 Å². The van der Waals surface area contributed by atoms with Gasteiger partial charge in [0.15, 0.2) is 9.84 Å². The van der Waals surface area contributed by atoms with Crippen LogP contribution >= 0.6 is 0 Å². The fourth-order valence-electron chi connectivity index (χ4n) is 2.21. The van der Waals surface area contributed by atoms with Crippen LogP contribution in [0.4, 0.5) is 0 Å². The molecule has 5 nitrogen and oxygen atoms in total. The molecule has 1 aromatic heterocycles. The van der Waals surface area contributed by atoms with Gasteiger partial charge in [0.25, 0.3) is 5.56 Å². The normalized spacial score (nSPS) is 11.7. The fourth-order valence-corrected chi connectivity index (χ4v) is 3.71. The number of ether oxygens (including phenoxy) is 1. The first-order valence-electron chi connectivity index (χ1n) is 7.37. The smallest absolute Gasteiger partial charge is 0.250 e. The molecule has 0 aliphatic rings. The number of hydrogen-bond acceptors (Lipinski definition) is 4. The van der Waals surface area contributed by atoms with Crippen LogP contribution in [-0.4, -0.2) is 19.1 Å². The van der Waals surface area contributed by atoms with E-state index in [-0.39, 0.29) is 23.2 Å². The number of hydrogen-bond donors (Lipinski definition) is 0. The molecule has 1 aromatic carbocycles. The van der Waals surface area contributed by atoms with E-state index in [1.54, 1.807) is 37.5 Å².